The van der Waals surface area contributed by atoms with Crippen LogP contribution < -0.4 is 0 Å². The van der Waals surface area contributed by atoms with Crippen LogP contribution in [0.15, 0.2) is 155 Å². The molecule has 0 aliphatic heterocycles. The Morgan fingerprint density at radius 1 is 0.508 bits per heavy atom. The van der Waals surface area contributed by atoms with E-state index in [9.17, 15) is 13.2 Å². The normalized spacial score (nSPS) is 11.5. The molecule has 3 heterocycles. The van der Waals surface area contributed by atoms with Crippen molar-refractivity contribution >= 4 is 83.8 Å². The first kappa shape index (κ1) is 45.8. The number of rotatable bonds is 8. The summed E-state index contributed by atoms with van der Waals surface area (Å²) in [6, 6.07) is 44.4. The predicted molar refractivity (Wildman–Crippen MR) is 266 cm³/mol. The second-order valence-corrected chi connectivity index (χ2v) is 17.9. The Morgan fingerprint density at radius 3 is 1.30 bits per heavy atom. The second kappa shape index (κ2) is 21.0. The zero-order valence-electron chi connectivity index (χ0n) is 35.4. The summed E-state index contributed by atoms with van der Waals surface area (Å²) in [4.78, 5) is 16.4. The quantitative estimate of drug-likeness (QED) is 0.112. The van der Waals surface area contributed by atoms with Crippen LogP contribution in [0.1, 0.15) is 42.7 Å². The molecule has 0 bridgehead atoms. The van der Waals surface area contributed by atoms with E-state index in [0.29, 0.717) is 10.4 Å². The summed E-state index contributed by atoms with van der Waals surface area (Å²) in [5.41, 5.74) is 11.7. The van der Waals surface area contributed by atoms with E-state index in [2.05, 4.69) is 59.0 Å². The minimum Gasteiger partial charge on any atom is -0.252 e. The van der Waals surface area contributed by atoms with E-state index in [1.165, 1.54) is 24.3 Å². The van der Waals surface area contributed by atoms with Crippen LogP contribution in [-0.2, 0) is 12.8 Å². The largest absolute Gasteiger partial charge is 0.252 e. The Morgan fingerprint density at radius 2 is 0.873 bits per heavy atom. The number of pyridine rings is 3. The van der Waals surface area contributed by atoms with Crippen LogP contribution in [0, 0.1) is 17.5 Å². The van der Waals surface area contributed by atoms with Crippen LogP contribution >= 0.6 is 51.1 Å². The van der Waals surface area contributed by atoms with Gasteiger partial charge in [0.2, 0.25) is 0 Å². The van der Waals surface area contributed by atoms with E-state index in [4.69, 9.17) is 21.6 Å². The van der Waals surface area contributed by atoms with E-state index < -0.39 is 0 Å². The van der Waals surface area contributed by atoms with Gasteiger partial charge in [-0.25, -0.2) is 13.2 Å². The standard InChI is InChI=1S/C18H15BrFNS.C18H16FNS.C17H13ClFN/c1-11(19)17-16(12-6-4-3-5-7-12)18(22-2)14-10-13(20)8-9-15(14)21-17;1-3-15-17(12-7-5-4-6-8-12)18(21-2)14-11-13(19)9-10-16(14)20-15;1-2-14-16(11-6-4-3-5-7-11)17(18)13-10-12(19)8-9-15(13)20-14/h3-11H,1-2H3;4-11H,3H2,1-2H3;3-10H,2H2,1H3. The Kier molecular flexibility index (Phi) is 15.3. The average molecular weight is 959 g/mol. The molecular weight excluding hydrogens is 915 g/mol. The number of halogens is 5. The van der Waals surface area contributed by atoms with E-state index in [-0.39, 0.29) is 22.3 Å². The van der Waals surface area contributed by atoms with Crippen LogP contribution in [-0.4, -0.2) is 27.5 Å². The SMILES string of the molecule is CCc1nc2ccc(F)cc2c(Cl)c1-c1ccccc1.CCc1nc2ccc(F)cc2c(SC)c1-c1ccccc1.CSc1c(-c2ccccc2)c(C(C)Br)nc2ccc(F)cc12. The fraction of sp³-hybridized carbons (Fsp3) is 0.151. The Balaban J connectivity index is 0.000000142. The van der Waals surface area contributed by atoms with Gasteiger partial charge in [0.25, 0.3) is 0 Å². The van der Waals surface area contributed by atoms with Crippen LogP contribution in [0.4, 0.5) is 13.2 Å². The summed E-state index contributed by atoms with van der Waals surface area (Å²) in [5, 5.41) is 2.97. The molecule has 0 amide bonds. The second-order valence-electron chi connectivity index (χ2n) is 14.5. The van der Waals surface area contributed by atoms with Gasteiger partial charge in [-0.2, -0.15) is 0 Å². The lowest BCUT2D eigenvalue weighted by molar-refractivity contribution is 0.629. The molecule has 0 saturated heterocycles. The molecule has 318 valence electrons. The number of thioether (sulfide) groups is 2. The topological polar surface area (TPSA) is 38.7 Å². The first-order chi connectivity index (χ1) is 30.6. The maximum absolute atomic E-state index is 13.7. The number of benzene rings is 6. The first-order valence-electron chi connectivity index (χ1n) is 20.5. The third-order valence-corrected chi connectivity index (χ3v) is 13.0. The van der Waals surface area contributed by atoms with Crippen molar-refractivity contribution in [3.63, 3.8) is 0 Å². The van der Waals surface area contributed by atoms with Crippen molar-refractivity contribution < 1.29 is 13.2 Å². The smallest absolute Gasteiger partial charge is 0.124 e. The van der Waals surface area contributed by atoms with Crippen LogP contribution in [0.25, 0.3) is 66.1 Å². The summed E-state index contributed by atoms with van der Waals surface area (Å²) in [7, 11) is 0. The fourth-order valence-corrected chi connectivity index (χ4v) is 9.97. The molecule has 6 aromatic carbocycles. The Bertz CT molecular complexity index is 3030. The molecule has 0 fully saturated rings. The highest BCUT2D eigenvalue weighted by molar-refractivity contribution is 9.09. The zero-order valence-corrected chi connectivity index (χ0v) is 39.4. The van der Waals surface area contributed by atoms with Gasteiger partial charge < -0.3 is 0 Å². The number of aromatic nitrogens is 3. The lowest BCUT2D eigenvalue weighted by Gasteiger charge is -2.17. The third kappa shape index (κ3) is 10.1. The number of nitrogens with zero attached hydrogens (tertiary/aromatic N) is 3. The molecule has 0 radical (unpaired) electrons. The highest BCUT2D eigenvalue weighted by atomic mass is 79.9. The van der Waals surface area contributed by atoms with Crippen molar-refractivity contribution in [3.05, 3.63) is 185 Å². The van der Waals surface area contributed by atoms with Gasteiger partial charge in [0.1, 0.15) is 17.5 Å². The van der Waals surface area contributed by atoms with Gasteiger partial charge in [-0.05, 0) is 104 Å². The van der Waals surface area contributed by atoms with Crippen LogP contribution in [0.3, 0.4) is 0 Å². The van der Waals surface area contributed by atoms with Gasteiger partial charge in [-0.3, -0.25) is 15.0 Å². The van der Waals surface area contributed by atoms with E-state index in [1.807, 2.05) is 86.2 Å². The van der Waals surface area contributed by atoms with Crippen LogP contribution in [0.5, 0.6) is 0 Å². The van der Waals surface area contributed by atoms with Crippen molar-refractivity contribution in [1.82, 2.24) is 15.0 Å². The number of fused-ring (bicyclic) bond motifs is 3. The lowest BCUT2D eigenvalue weighted by atomic mass is 10.00. The molecule has 63 heavy (non-hydrogen) atoms. The Hall–Kier alpha value is -5.19. The highest BCUT2D eigenvalue weighted by Gasteiger charge is 2.20. The number of hydrogen-bond acceptors (Lipinski definition) is 5. The molecule has 3 nitrogen and oxygen atoms in total. The van der Waals surface area contributed by atoms with Gasteiger partial charge in [-0.1, -0.05) is 132 Å². The van der Waals surface area contributed by atoms with Gasteiger partial charge in [0.05, 0.1) is 37.8 Å². The molecule has 9 aromatic rings. The predicted octanol–water partition coefficient (Wildman–Crippen LogP) is 16.8. The number of alkyl halides is 1. The molecule has 10 heteroatoms. The maximum Gasteiger partial charge on any atom is 0.124 e. The molecule has 0 spiro atoms. The van der Waals surface area contributed by atoms with Crippen molar-refractivity contribution in [3.8, 4) is 33.4 Å². The minimum atomic E-state index is -0.301. The third-order valence-electron chi connectivity index (χ3n) is 10.5. The number of aryl methyl sites for hydroxylation is 2. The number of hydrogen-bond donors (Lipinski definition) is 0. The average Bonchev–Trinajstić information content (AvgIpc) is 3.31. The van der Waals surface area contributed by atoms with E-state index in [1.54, 1.807) is 53.9 Å². The maximum atomic E-state index is 13.7. The van der Waals surface area contributed by atoms with Crippen molar-refractivity contribution in [2.75, 3.05) is 12.5 Å². The fourth-order valence-electron chi connectivity index (χ4n) is 7.63. The summed E-state index contributed by atoms with van der Waals surface area (Å²) < 4.78 is 40.8. The van der Waals surface area contributed by atoms with Gasteiger partial charge >= 0.3 is 0 Å². The molecule has 3 aromatic heterocycles. The van der Waals surface area contributed by atoms with Crippen molar-refractivity contribution in [2.24, 2.45) is 0 Å². The summed E-state index contributed by atoms with van der Waals surface area (Å²) in [6.45, 7) is 6.21. The molecule has 1 unspecified atom stereocenters. The monoisotopic (exact) mass is 957 g/mol. The lowest BCUT2D eigenvalue weighted by Crippen LogP contribution is -1.99. The summed E-state index contributed by atoms with van der Waals surface area (Å²) in [6.07, 6.45) is 5.68. The Labute approximate surface area is 388 Å². The van der Waals surface area contributed by atoms with E-state index >= 15 is 0 Å². The summed E-state index contributed by atoms with van der Waals surface area (Å²) >= 11 is 13.5. The first-order valence-corrected chi connectivity index (χ1v) is 24.2. The van der Waals surface area contributed by atoms with Crippen molar-refractivity contribution in [2.45, 2.75) is 48.2 Å². The van der Waals surface area contributed by atoms with Crippen molar-refractivity contribution in [1.29, 1.82) is 0 Å². The molecule has 1 atom stereocenters. The molecular formula is C53H44BrClF3N3S2. The molecule has 0 saturated carbocycles. The minimum absolute atomic E-state index is 0.114. The highest BCUT2D eigenvalue weighted by Crippen LogP contribution is 2.42. The molecule has 0 aliphatic carbocycles. The van der Waals surface area contributed by atoms with Gasteiger partial charge in [-0.15, -0.1) is 23.5 Å². The van der Waals surface area contributed by atoms with Crippen LogP contribution in [0.2, 0.25) is 5.02 Å². The summed E-state index contributed by atoms with van der Waals surface area (Å²) in [5.74, 6) is -0.754. The molecule has 9 rings (SSSR count). The van der Waals surface area contributed by atoms with Gasteiger partial charge in [0.15, 0.2) is 0 Å². The van der Waals surface area contributed by atoms with E-state index in [0.717, 1.165) is 100 Å². The molecule has 0 N–H and O–H groups in total. The zero-order chi connectivity index (χ0) is 44.6. The van der Waals surface area contributed by atoms with Gasteiger partial charge in [0, 0.05) is 48.3 Å². The molecule has 0 aliphatic rings.